The molecule has 41 heavy (non-hydrogen) atoms. The number of phenols is 3. The van der Waals surface area contributed by atoms with Crippen LogP contribution >= 0.6 is 0 Å². The number of phenolic OH excluding ortho intramolecular Hbond substituents is 3. The average molecular weight is 584 g/mol. The van der Waals surface area contributed by atoms with Crippen molar-refractivity contribution in [2.24, 2.45) is 0 Å². The highest BCUT2D eigenvalue weighted by Crippen LogP contribution is 2.39. The Morgan fingerprint density at radius 2 is 1.34 bits per heavy atom. The second kappa shape index (κ2) is 11.2. The lowest BCUT2D eigenvalue weighted by Gasteiger charge is -2.45. The van der Waals surface area contributed by atoms with E-state index in [1.165, 1.54) is 6.07 Å². The minimum absolute atomic E-state index is 0.165. The Morgan fingerprint density at radius 1 is 0.707 bits per heavy atom. The Labute approximate surface area is 229 Å². The van der Waals surface area contributed by atoms with Crippen LogP contribution in [0.5, 0.6) is 23.0 Å². The van der Waals surface area contributed by atoms with Crippen LogP contribution in [0, 0.1) is 0 Å². The number of ether oxygens (including phenoxy) is 4. The molecule has 16 heteroatoms. The smallest absolute Gasteiger partial charge is 0.229 e. The number of hydrogen-bond acceptors (Lipinski definition) is 16. The van der Waals surface area contributed by atoms with E-state index in [0.29, 0.717) is 0 Å². The summed E-state index contributed by atoms with van der Waals surface area (Å²) in [7, 11) is 0. The van der Waals surface area contributed by atoms with Crippen molar-refractivity contribution in [2.75, 3.05) is 13.2 Å². The average Bonchev–Trinajstić information content (AvgIpc) is 2.93. The zero-order valence-corrected chi connectivity index (χ0v) is 20.9. The van der Waals surface area contributed by atoms with E-state index in [2.05, 4.69) is 0 Å². The first-order chi connectivity index (χ1) is 19.5. The van der Waals surface area contributed by atoms with Crippen LogP contribution in [0.15, 0.2) is 33.5 Å². The van der Waals surface area contributed by atoms with Crippen LogP contribution in [-0.2, 0) is 14.2 Å². The maximum atomic E-state index is 13.4. The SMILES string of the molecule is O=c1c2c(O)cc(O)cc2oc2ccc(O)c(O[C@@H]3O[C@H](CO)[C@@H](O)[C@H](O)[C@H]3O[C@H]3O[C@H](CO)[C@@H](O)[C@H](O)[C@H]3O)c12. The maximum Gasteiger partial charge on any atom is 0.229 e. The maximum absolute atomic E-state index is 13.4. The van der Waals surface area contributed by atoms with Gasteiger partial charge in [0.1, 0.15) is 76.2 Å². The molecule has 3 aromatic rings. The second-order valence-corrected chi connectivity index (χ2v) is 9.68. The third kappa shape index (κ3) is 5.04. The van der Waals surface area contributed by atoms with Crippen molar-refractivity contribution in [3.05, 3.63) is 34.5 Å². The lowest BCUT2D eigenvalue weighted by Crippen LogP contribution is -2.65. The van der Waals surface area contributed by atoms with Crippen molar-refractivity contribution >= 4 is 21.9 Å². The quantitative estimate of drug-likeness (QED) is 0.130. The van der Waals surface area contributed by atoms with Crippen LogP contribution in [0.3, 0.4) is 0 Å². The third-order valence-corrected chi connectivity index (χ3v) is 7.04. The van der Waals surface area contributed by atoms with Gasteiger partial charge in [-0.3, -0.25) is 4.79 Å². The first-order valence-corrected chi connectivity index (χ1v) is 12.4. The van der Waals surface area contributed by atoms with Gasteiger partial charge in [0, 0.05) is 12.1 Å². The summed E-state index contributed by atoms with van der Waals surface area (Å²) in [5, 5.41) is 101. The number of benzene rings is 2. The van der Waals surface area contributed by atoms with Crippen LogP contribution in [0.1, 0.15) is 0 Å². The highest BCUT2D eigenvalue weighted by atomic mass is 16.8. The van der Waals surface area contributed by atoms with Gasteiger partial charge in [0.15, 0.2) is 23.9 Å². The van der Waals surface area contributed by atoms with Gasteiger partial charge in [-0.25, -0.2) is 0 Å². The van der Waals surface area contributed by atoms with Gasteiger partial charge < -0.3 is 74.4 Å². The van der Waals surface area contributed by atoms with Gasteiger partial charge in [-0.1, -0.05) is 0 Å². The van der Waals surface area contributed by atoms with Crippen LogP contribution < -0.4 is 10.2 Å². The third-order valence-electron chi connectivity index (χ3n) is 7.04. The van der Waals surface area contributed by atoms with E-state index < -0.39 is 103 Å². The summed E-state index contributed by atoms with van der Waals surface area (Å²) in [6.45, 7) is -1.61. The molecule has 2 aliphatic rings. The molecule has 224 valence electrons. The number of hydrogen-bond donors (Lipinski definition) is 10. The molecule has 0 unspecified atom stereocenters. The Hall–Kier alpha value is -3.29. The Morgan fingerprint density at radius 3 is 2.00 bits per heavy atom. The summed E-state index contributed by atoms with van der Waals surface area (Å²) >= 11 is 0. The molecule has 2 fully saturated rings. The number of fused-ring (bicyclic) bond motifs is 2. The molecule has 0 spiro atoms. The van der Waals surface area contributed by atoms with Crippen molar-refractivity contribution in [1.82, 2.24) is 0 Å². The van der Waals surface area contributed by atoms with Gasteiger partial charge >= 0.3 is 0 Å². The lowest BCUT2D eigenvalue weighted by atomic mass is 9.97. The normalized spacial score (nSPS) is 34.2. The standard InChI is InChI=1S/C25H28O16/c26-5-12-16(31)19(34)21(36)24(38-12)41-23-20(35)17(32)13(6-27)39-25(23)40-22-8(29)1-2-10-15(22)18(33)14-9(30)3-7(28)4-11(14)37-10/h1-4,12-13,16-17,19-21,23-32,34-36H,5-6H2/t12-,13-,16-,17-,19+,20+,21-,23-,24-,25+/m1/s1. The Kier molecular flexibility index (Phi) is 7.96. The highest BCUT2D eigenvalue weighted by Gasteiger charge is 2.51. The number of aliphatic hydroxyl groups excluding tert-OH is 7. The summed E-state index contributed by atoms with van der Waals surface area (Å²) in [4.78, 5) is 13.4. The molecule has 0 bridgehead atoms. The molecule has 0 saturated carbocycles. The molecule has 0 aliphatic carbocycles. The number of aromatic hydroxyl groups is 3. The summed E-state index contributed by atoms with van der Waals surface area (Å²) in [6, 6.07) is 4.27. The van der Waals surface area contributed by atoms with E-state index in [0.717, 1.165) is 18.2 Å². The predicted molar refractivity (Wildman–Crippen MR) is 132 cm³/mol. The molecule has 5 rings (SSSR count). The van der Waals surface area contributed by atoms with Crippen molar-refractivity contribution in [3.63, 3.8) is 0 Å². The fraction of sp³-hybridized carbons (Fsp3) is 0.480. The molecule has 3 heterocycles. The van der Waals surface area contributed by atoms with E-state index in [1.54, 1.807) is 0 Å². The summed E-state index contributed by atoms with van der Waals surface area (Å²) in [5.74, 6) is -2.25. The Bertz CT molecular complexity index is 1470. The molecule has 16 nitrogen and oxygen atoms in total. The zero-order chi connectivity index (χ0) is 29.7. The van der Waals surface area contributed by atoms with Gasteiger partial charge in [0.2, 0.25) is 11.7 Å². The number of rotatable bonds is 6. The molecular weight excluding hydrogens is 556 g/mol. The summed E-state index contributed by atoms with van der Waals surface area (Å²) in [5.41, 5.74) is -1.25. The molecule has 10 atom stereocenters. The molecule has 10 N–H and O–H groups in total. The van der Waals surface area contributed by atoms with Crippen molar-refractivity contribution in [3.8, 4) is 23.0 Å². The molecule has 0 amide bonds. The summed E-state index contributed by atoms with van der Waals surface area (Å²) < 4.78 is 27.8. The monoisotopic (exact) mass is 584 g/mol. The number of aliphatic hydroxyl groups is 7. The van der Waals surface area contributed by atoms with Crippen LogP contribution in [0.4, 0.5) is 0 Å². The van der Waals surface area contributed by atoms with Crippen molar-refractivity contribution in [1.29, 1.82) is 0 Å². The molecular formula is C25H28O16. The van der Waals surface area contributed by atoms with Gasteiger partial charge in [-0.2, -0.15) is 0 Å². The van der Waals surface area contributed by atoms with E-state index in [-0.39, 0.29) is 22.3 Å². The van der Waals surface area contributed by atoms with E-state index in [1.807, 2.05) is 0 Å². The fourth-order valence-electron chi connectivity index (χ4n) is 4.86. The van der Waals surface area contributed by atoms with Crippen LogP contribution in [-0.4, -0.2) is 126 Å². The van der Waals surface area contributed by atoms with Gasteiger partial charge in [0.25, 0.3) is 0 Å². The van der Waals surface area contributed by atoms with Gasteiger partial charge in [0.05, 0.1) is 13.2 Å². The molecule has 2 aromatic carbocycles. The minimum Gasteiger partial charge on any atom is -0.508 e. The largest absolute Gasteiger partial charge is 0.508 e. The molecule has 2 saturated heterocycles. The van der Waals surface area contributed by atoms with Gasteiger partial charge in [-0.05, 0) is 12.1 Å². The van der Waals surface area contributed by atoms with E-state index in [9.17, 15) is 55.9 Å². The first kappa shape index (κ1) is 29.2. The lowest BCUT2D eigenvalue weighted by molar-refractivity contribution is -0.357. The van der Waals surface area contributed by atoms with E-state index in [4.69, 9.17) is 23.4 Å². The summed E-state index contributed by atoms with van der Waals surface area (Å²) in [6.07, 6.45) is -17.5. The minimum atomic E-state index is -1.92. The topological polar surface area (TPSA) is 269 Å². The molecule has 2 aliphatic heterocycles. The predicted octanol–water partition coefficient (Wildman–Crippen LogP) is -2.93. The highest BCUT2D eigenvalue weighted by molar-refractivity contribution is 5.97. The van der Waals surface area contributed by atoms with Crippen molar-refractivity contribution < 1.29 is 74.4 Å². The molecule has 0 radical (unpaired) electrons. The Balaban J connectivity index is 1.57. The van der Waals surface area contributed by atoms with E-state index >= 15 is 0 Å². The molecule has 1 aromatic heterocycles. The van der Waals surface area contributed by atoms with Crippen molar-refractivity contribution in [2.45, 2.75) is 61.4 Å². The second-order valence-electron chi connectivity index (χ2n) is 9.68. The fourth-order valence-corrected chi connectivity index (χ4v) is 4.86. The van der Waals surface area contributed by atoms with Crippen LogP contribution in [0.25, 0.3) is 21.9 Å². The first-order valence-electron chi connectivity index (χ1n) is 12.4. The van der Waals surface area contributed by atoms with Gasteiger partial charge in [-0.15, -0.1) is 0 Å². The van der Waals surface area contributed by atoms with Crippen LogP contribution in [0.2, 0.25) is 0 Å². The zero-order valence-electron chi connectivity index (χ0n) is 20.9.